The maximum atomic E-state index is 9.96. The second-order valence-corrected chi connectivity index (χ2v) is 13.0. The maximum Gasteiger partial charge on any atom is 0.191 e. The minimum absolute atomic E-state index is 0.00468. The Balaban J connectivity index is 1.71. The maximum absolute atomic E-state index is 9.96. The first kappa shape index (κ1) is 15.5. The van der Waals surface area contributed by atoms with Crippen LogP contribution in [0.2, 0.25) is 18.1 Å². The number of hydrogen-bond donors (Lipinski definition) is 1. The molecule has 4 atom stereocenters. The predicted molar refractivity (Wildman–Crippen MR) is 82.7 cm³/mol. The van der Waals surface area contributed by atoms with Gasteiger partial charge in [0.25, 0.3) is 0 Å². The Labute approximate surface area is 120 Å². The summed E-state index contributed by atoms with van der Waals surface area (Å²) in [5.74, 6) is 2.21. The molecular formula is C16H32O2Si. The van der Waals surface area contributed by atoms with Crippen molar-refractivity contribution in [1.29, 1.82) is 0 Å². The standard InChI is InChI=1S/C16H32O2Si/c1-16(2,3)19(4,5)18-10-6-7-13-12-8-9-14(13)15(17)11-12/h12-15,17H,6-11H2,1-5H3. The highest BCUT2D eigenvalue weighted by Gasteiger charge is 2.46. The molecule has 0 aromatic heterocycles. The van der Waals surface area contributed by atoms with Gasteiger partial charge in [-0.15, -0.1) is 0 Å². The number of hydrogen-bond acceptors (Lipinski definition) is 2. The summed E-state index contributed by atoms with van der Waals surface area (Å²) in [6.07, 6.45) is 6.14. The summed E-state index contributed by atoms with van der Waals surface area (Å²) in [5, 5.41) is 10.3. The lowest BCUT2D eigenvalue weighted by molar-refractivity contribution is 0.105. The van der Waals surface area contributed by atoms with E-state index >= 15 is 0 Å². The van der Waals surface area contributed by atoms with E-state index in [1.54, 1.807) is 0 Å². The van der Waals surface area contributed by atoms with Crippen LogP contribution in [0.3, 0.4) is 0 Å². The largest absolute Gasteiger partial charge is 0.417 e. The average molecular weight is 285 g/mol. The highest BCUT2D eigenvalue weighted by Crippen LogP contribution is 2.51. The fourth-order valence-electron chi connectivity index (χ4n) is 3.75. The minimum Gasteiger partial charge on any atom is -0.417 e. The van der Waals surface area contributed by atoms with Crippen LogP contribution < -0.4 is 0 Å². The summed E-state index contributed by atoms with van der Waals surface area (Å²) in [6, 6.07) is 0. The second kappa shape index (κ2) is 5.49. The molecule has 2 fully saturated rings. The Kier molecular flexibility index (Phi) is 4.49. The van der Waals surface area contributed by atoms with Gasteiger partial charge in [0.15, 0.2) is 8.32 Å². The molecule has 0 heterocycles. The summed E-state index contributed by atoms with van der Waals surface area (Å²) < 4.78 is 6.25. The highest BCUT2D eigenvalue weighted by atomic mass is 28.4. The molecule has 0 aliphatic heterocycles. The van der Waals surface area contributed by atoms with Crippen LogP contribution in [0.1, 0.15) is 52.9 Å². The van der Waals surface area contributed by atoms with Crippen LogP contribution in [0, 0.1) is 17.8 Å². The van der Waals surface area contributed by atoms with Gasteiger partial charge in [0.05, 0.1) is 6.10 Å². The fraction of sp³-hybridized carbons (Fsp3) is 1.00. The lowest BCUT2D eigenvalue weighted by atomic mass is 9.92. The van der Waals surface area contributed by atoms with Crippen molar-refractivity contribution in [2.75, 3.05) is 6.61 Å². The molecule has 4 unspecified atom stereocenters. The third kappa shape index (κ3) is 3.25. The molecule has 2 aliphatic rings. The Morgan fingerprint density at radius 3 is 2.37 bits per heavy atom. The monoisotopic (exact) mass is 284 g/mol. The Morgan fingerprint density at radius 2 is 1.89 bits per heavy atom. The van der Waals surface area contributed by atoms with E-state index in [0.29, 0.717) is 11.0 Å². The molecule has 2 bridgehead atoms. The van der Waals surface area contributed by atoms with E-state index in [-0.39, 0.29) is 6.10 Å². The first-order valence-electron chi connectivity index (χ1n) is 8.04. The molecule has 0 spiro atoms. The lowest BCUT2D eigenvalue weighted by Crippen LogP contribution is -2.41. The Bertz CT molecular complexity index is 308. The van der Waals surface area contributed by atoms with Crippen LogP contribution >= 0.6 is 0 Å². The molecule has 0 aromatic rings. The molecule has 2 nitrogen and oxygen atoms in total. The molecule has 2 aliphatic carbocycles. The number of aliphatic hydroxyl groups excluding tert-OH is 1. The molecule has 0 radical (unpaired) electrons. The first-order chi connectivity index (χ1) is 8.72. The van der Waals surface area contributed by atoms with E-state index in [1.807, 2.05) is 0 Å². The van der Waals surface area contributed by atoms with Crippen LogP contribution in [-0.2, 0) is 4.43 Å². The molecule has 112 valence electrons. The predicted octanol–water partition coefficient (Wildman–Crippen LogP) is 4.20. The molecule has 1 N–H and O–H groups in total. The third-order valence-corrected chi connectivity index (χ3v) is 10.6. The number of aliphatic hydroxyl groups is 1. The van der Waals surface area contributed by atoms with Crippen molar-refractivity contribution in [1.82, 2.24) is 0 Å². The zero-order chi connectivity index (χ0) is 14.3. The summed E-state index contributed by atoms with van der Waals surface area (Å²) >= 11 is 0. The summed E-state index contributed by atoms with van der Waals surface area (Å²) in [5.41, 5.74) is 0. The van der Waals surface area contributed by atoms with Crippen LogP contribution in [0.25, 0.3) is 0 Å². The molecule has 3 heteroatoms. The van der Waals surface area contributed by atoms with Crippen molar-refractivity contribution in [3.63, 3.8) is 0 Å². The topological polar surface area (TPSA) is 29.5 Å². The Morgan fingerprint density at radius 1 is 1.21 bits per heavy atom. The van der Waals surface area contributed by atoms with Gasteiger partial charge in [-0.3, -0.25) is 0 Å². The zero-order valence-corrected chi connectivity index (χ0v) is 14.4. The molecule has 19 heavy (non-hydrogen) atoms. The Hall–Kier alpha value is 0.137. The van der Waals surface area contributed by atoms with Crippen molar-refractivity contribution >= 4 is 8.32 Å². The van der Waals surface area contributed by atoms with E-state index in [1.165, 1.54) is 25.7 Å². The van der Waals surface area contributed by atoms with Gasteiger partial charge in [0.2, 0.25) is 0 Å². The van der Waals surface area contributed by atoms with Gasteiger partial charge in [-0.2, -0.15) is 0 Å². The van der Waals surface area contributed by atoms with Gasteiger partial charge in [0.1, 0.15) is 0 Å². The van der Waals surface area contributed by atoms with Gasteiger partial charge in [-0.1, -0.05) is 20.8 Å². The van der Waals surface area contributed by atoms with Crippen molar-refractivity contribution in [2.24, 2.45) is 17.8 Å². The summed E-state index contributed by atoms with van der Waals surface area (Å²) in [4.78, 5) is 0. The van der Waals surface area contributed by atoms with Gasteiger partial charge in [-0.25, -0.2) is 0 Å². The normalized spacial score (nSPS) is 35.1. The van der Waals surface area contributed by atoms with Crippen LogP contribution in [0.4, 0.5) is 0 Å². The SMILES string of the molecule is CC(C)(C)[Si](C)(C)OCCCC1C2CCC1C(O)C2. The molecule has 0 aromatic carbocycles. The lowest BCUT2D eigenvalue weighted by Gasteiger charge is -2.36. The molecule has 0 saturated heterocycles. The molecule has 2 rings (SSSR count). The van der Waals surface area contributed by atoms with Gasteiger partial charge < -0.3 is 9.53 Å². The minimum atomic E-state index is -1.56. The quantitative estimate of drug-likeness (QED) is 0.606. The van der Waals surface area contributed by atoms with E-state index in [2.05, 4.69) is 33.9 Å². The summed E-state index contributed by atoms with van der Waals surface area (Å²) in [7, 11) is -1.56. The average Bonchev–Trinajstić information content (AvgIpc) is 2.78. The number of fused-ring (bicyclic) bond motifs is 2. The van der Waals surface area contributed by atoms with Crippen molar-refractivity contribution in [3.05, 3.63) is 0 Å². The van der Waals surface area contributed by atoms with E-state index in [0.717, 1.165) is 24.9 Å². The van der Waals surface area contributed by atoms with E-state index in [4.69, 9.17) is 4.43 Å². The fourth-order valence-corrected chi connectivity index (χ4v) is 4.84. The van der Waals surface area contributed by atoms with Crippen molar-refractivity contribution in [2.45, 2.75) is 77.1 Å². The van der Waals surface area contributed by atoms with Crippen molar-refractivity contribution in [3.8, 4) is 0 Å². The van der Waals surface area contributed by atoms with Crippen molar-refractivity contribution < 1.29 is 9.53 Å². The molecule has 0 amide bonds. The van der Waals surface area contributed by atoms with E-state index < -0.39 is 8.32 Å². The highest BCUT2D eigenvalue weighted by molar-refractivity contribution is 6.74. The summed E-state index contributed by atoms with van der Waals surface area (Å²) in [6.45, 7) is 12.5. The van der Waals surface area contributed by atoms with Gasteiger partial charge in [0, 0.05) is 6.61 Å². The number of rotatable bonds is 5. The van der Waals surface area contributed by atoms with Crippen LogP contribution in [-0.4, -0.2) is 26.1 Å². The smallest absolute Gasteiger partial charge is 0.191 e. The molecular weight excluding hydrogens is 252 g/mol. The zero-order valence-electron chi connectivity index (χ0n) is 13.4. The van der Waals surface area contributed by atoms with Gasteiger partial charge >= 0.3 is 0 Å². The second-order valence-electron chi connectivity index (χ2n) is 8.22. The molecule has 2 saturated carbocycles. The first-order valence-corrected chi connectivity index (χ1v) is 11.0. The van der Waals surface area contributed by atoms with Crippen LogP contribution in [0.5, 0.6) is 0 Å². The van der Waals surface area contributed by atoms with E-state index in [9.17, 15) is 5.11 Å². The third-order valence-electron chi connectivity index (χ3n) is 6.02. The van der Waals surface area contributed by atoms with Gasteiger partial charge in [-0.05, 0) is 68.0 Å². The van der Waals surface area contributed by atoms with Crippen LogP contribution in [0.15, 0.2) is 0 Å².